The molecule has 1 aliphatic heterocycles. The third-order valence-electron chi connectivity index (χ3n) is 4.29. The fourth-order valence-corrected chi connectivity index (χ4v) is 3.87. The third kappa shape index (κ3) is 3.64. The number of fused-ring (bicyclic) bond motifs is 1. The molecule has 1 amide bonds. The Kier molecular flexibility index (Phi) is 4.67. The molecule has 2 heterocycles. The number of anilines is 1. The van der Waals surface area contributed by atoms with Crippen molar-refractivity contribution in [2.75, 3.05) is 25.0 Å². The molecule has 0 saturated carbocycles. The number of likely N-dealkylation sites (tertiary alicyclic amines) is 1. The molecule has 1 aliphatic rings. The van der Waals surface area contributed by atoms with Gasteiger partial charge in [0.05, 0.1) is 4.70 Å². The van der Waals surface area contributed by atoms with Crippen molar-refractivity contribution >= 4 is 33.5 Å². The molecule has 130 valence electrons. The van der Waals surface area contributed by atoms with Gasteiger partial charge in [-0.3, -0.25) is 0 Å². The van der Waals surface area contributed by atoms with E-state index in [9.17, 15) is 4.79 Å². The minimum atomic E-state index is -0.457. The highest BCUT2D eigenvalue weighted by Gasteiger charge is 2.30. The Morgan fingerprint density at radius 2 is 2.12 bits per heavy atom. The molecule has 1 atom stereocenters. The monoisotopic (exact) mass is 347 g/mol. The molecule has 0 N–H and O–H groups in total. The second-order valence-corrected chi connectivity index (χ2v) is 8.14. The zero-order valence-electron chi connectivity index (χ0n) is 14.8. The first kappa shape index (κ1) is 17.0. The van der Waals surface area contributed by atoms with Crippen LogP contribution >= 0.6 is 11.5 Å². The predicted octanol–water partition coefficient (Wildman–Crippen LogP) is 4.13. The van der Waals surface area contributed by atoms with Crippen molar-refractivity contribution in [3.8, 4) is 0 Å². The van der Waals surface area contributed by atoms with Gasteiger partial charge in [0.25, 0.3) is 0 Å². The summed E-state index contributed by atoms with van der Waals surface area (Å²) in [5.74, 6) is 1.01. The Balaban J connectivity index is 1.73. The van der Waals surface area contributed by atoms with Crippen LogP contribution in [0.2, 0.25) is 0 Å². The van der Waals surface area contributed by atoms with E-state index in [1.165, 1.54) is 21.6 Å². The molecule has 5 nitrogen and oxygen atoms in total. The van der Waals surface area contributed by atoms with Crippen LogP contribution in [0.1, 0.15) is 33.6 Å². The molecule has 1 unspecified atom stereocenters. The van der Waals surface area contributed by atoms with Crippen LogP contribution in [0, 0.1) is 0 Å². The largest absolute Gasteiger partial charge is 0.444 e. The van der Waals surface area contributed by atoms with E-state index in [0.717, 1.165) is 25.2 Å². The van der Waals surface area contributed by atoms with Gasteiger partial charge in [0, 0.05) is 31.6 Å². The molecule has 1 aromatic carbocycles. The fourth-order valence-electron chi connectivity index (χ4n) is 3.06. The van der Waals surface area contributed by atoms with Crippen molar-refractivity contribution in [1.82, 2.24) is 9.27 Å². The van der Waals surface area contributed by atoms with Crippen LogP contribution in [0.4, 0.5) is 10.6 Å². The molecule has 0 spiro atoms. The quantitative estimate of drug-likeness (QED) is 0.819. The Hall–Kier alpha value is -1.82. The lowest BCUT2D eigenvalue weighted by atomic mass is 10.0. The van der Waals surface area contributed by atoms with E-state index < -0.39 is 5.60 Å². The van der Waals surface area contributed by atoms with E-state index in [2.05, 4.69) is 28.5 Å². The Bertz CT molecular complexity index is 722. The van der Waals surface area contributed by atoms with Gasteiger partial charge in [-0.1, -0.05) is 12.1 Å². The number of aromatic nitrogens is 1. The lowest BCUT2D eigenvalue weighted by Crippen LogP contribution is -2.50. The summed E-state index contributed by atoms with van der Waals surface area (Å²) >= 11 is 1.52. The standard InChI is InChI=1S/C18H25N3O2S/c1-18(2,3)23-17(22)21-11-7-8-13(12-21)20(4)16-14-9-5-6-10-15(14)24-19-16/h5-6,9-10,13H,7-8,11-12H2,1-4H3. The van der Waals surface area contributed by atoms with E-state index in [0.29, 0.717) is 6.54 Å². The summed E-state index contributed by atoms with van der Waals surface area (Å²) in [6.45, 7) is 7.15. The molecule has 1 saturated heterocycles. The molecule has 0 bridgehead atoms. The van der Waals surface area contributed by atoms with E-state index in [4.69, 9.17) is 4.74 Å². The maximum atomic E-state index is 12.4. The molecular weight excluding hydrogens is 322 g/mol. The summed E-state index contributed by atoms with van der Waals surface area (Å²) < 4.78 is 11.3. The highest BCUT2D eigenvalue weighted by molar-refractivity contribution is 7.13. The average Bonchev–Trinajstić information content (AvgIpc) is 2.97. The molecule has 1 aromatic heterocycles. The highest BCUT2D eigenvalue weighted by Crippen LogP contribution is 2.31. The first-order valence-corrected chi connectivity index (χ1v) is 9.18. The fraction of sp³-hybridized carbons (Fsp3) is 0.556. The van der Waals surface area contributed by atoms with Crippen LogP contribution in [0.3, 0.4) is 0 Å². The topological polar surface area (TPSA) is 45.7 Å². The van der Waals surface area contributed by atoms with Crippen molar-refractivity contribution in [1.29, 1.82) is 0 Å². The lowest BCUT2D eigenvalue weighted by Gasteiger charge is -2.38. The maximum Gasteiger partial charge on any atom is 0.410 e. The molecule has 3 rings (SSSR count). The first-order chi connectivity index (χ1) is 11.3. The SMILES string of the molecule is CN(c1nsc2ccccc12)C1CCCN(C(=O)OC(C)(C)C)C1. The summed E-state index contributed by atoms with van der Waals surface area (Å²) in [4.78, 5) is 16.4. The van der Waals surface area contributed by atoms with E-state index in [-0.39, 0.29) is 12.1 Å². The number of likely N-dealkylation sites (N-methyl/N-ethyl adjacent to an activating group) is 1. The van der Waals surface area contributed by atoms with Gasteiger partial charge in [-0.15, -0.1) is 0 Å². The lowest BCUT2D eigenvalue weighted by molar-refractivity contribution is 0.0199. The second-order valence-electron chi connectivity index (χ2n) is 7.34. The predicted molar refractivity (Wildman–Crippen MR) is 98.9 cm³/mol. The summed E-state index contributed by atoms with van der Waals surface area (Å²) in [6, 6.07) is 8.55. The van der Waals surface area contributed by atoms with Crippen LogP contribution < -0.4 is 4.90 Å². The van der Waals surface area contributed by atoms with Gasteiger partial charge in [0.15, 0.2) is 0 Å². The first-order valence-electron chi connectivity index (χ1n) is 8.40. The van der Waals surface area contributed by atoms with Gasteiger partial charge < -0.3 is 14.5 Å². The normalized spacial score (nSPS) is 18.7. The van der Waals surface area contributed by atoms with Crippen molar-refractivity contribution in [3.63, 3.8) is 0 Å². The summed E-state index contributed by atoms with van der Waals surface area (Å²) in [7, 11) is 2.07. The molecule has 2 aromatic rings. The van der Waals surface area contributed by atoms with Crippen LogP contribution in [0.15, 0.2) is 24.3 Å². The zero-order chi connectivity index (χ0) is 17.3. The summed E-state index contributed by atoms with van der Waals surface area (Å²) in [5, 5.41) is 1.18. The molecule has 1 fully saturated rings. The van der Waals surface area contributed by atoms with Crippen LogP contribution in [0.25, 0.3) is 10.1 Å². The minimum absolute atomic E-state index is 0.219. The maximum absolute atomic E-state index is 12.4. The van der Waals surface area contributed by atoms with Gasteiger partial charge >= 0.3 is 6.09 Å². The highest BCUT2D eigenvalue weighted by atomic mass is 32.1. The van der Waals surface area contributed by atoms with E-state index in [1.807, 2.05) is 37.8 Å². The number of carbonyl (C=O) groups is 1. The van der Waals surface area contributed by atoms with Crippen LogP contribution in [0.5, 0.6) is 0 Å². The number of piperidine rings is 1. The third-order valence-corrected chi connectivity index (χ3v) is 5.11. The Labute approximate surface area is 147 Å². The minimum Gasteiger partial charge on any atom is -0.444 e. The number of amides is 1. The van der Waals surface area contributed by atoms with Gasteiger partial charge in [0.2, 0.25) is 0 Å². The van der Waals surface area contributed by atoms with Gasteiger partial charge in [0.1, 0.15) is 11.4 Å². The number of benzene rings is 1. The van der Waals surface area contributed by atoms with Gasteiger partial charge in [-0.05, 0) is 57.3 Å². The number of ether oxygens (including phenoxy) is 1. The number of rotatable bonds is 2. The number of hydrogen-bond acceptors (Lipinski definition) is 5. The Morgan fingerprint density at radius 3 is 2.88 bits per heavy atom. The van der Waals surface area contributed by atoms with Crippen molar-refractivity contribution in [2.24, 2.45) is 0 Å². The van der Waals surface area contributed by atoms with Crippen molar-refractivity contribution in [2.45, 2.75) is 45.3 Å². The van der Waals surface area contributed by atoms with Crippen molar-refractivity contribution < 1.29 is 9.53 Å². The van der Waals surface area contributed by atoms with Gasteiger partial charge in [-0.2, -0.15) is 4.37 Å². The van der Waals surface area contributed by atoms with Crippen LogP contribution in [-0.4, -0.2) is 47.1 Å². The summed E-state index contributed by atoms with van der Waals surface area (Å²) in [5.41, 5.74) is -0.457. The van der Waals surface area contributed by atoms with Crippen LogP contribution in [-0.2, 0) is 4.74 Å². The zero-order valence-corrected chi connectivity index (χ0v) is 15.6. The average molecular weight is 347 g/mol. The molecule has 6 heteroatoms. The molecule has 0 radical (unpaired) electrons. The number of hydrogen-bond donors (Lipinski definition) is 0. The smallest absolute Gasteiger partial charge is 0.410 e. The second kappa shape index (κ2) is 6.59. The molecule has 0 aliphatic carbocycles. The van der Waals surface area contributed by atoms with Crippen molar-refractivity contribution in [3.05, 3.63) is 24.3 Å². The van der Waals surface area contributed by atoms with E-state index in [1.54, 1.807) is 0 Å². The summed E-state index contributed by atoms with van der Waals surface area (Å²) in [6.07, 6.45) is 1.82. The van der Waals surface area contributed by atoms with Gasteiger partial charge in [-0.25, -0.2) is 4.79 Å². The van der Waals surface area contributed by atoms with E-state index >= 15 is 0 Å². The number of nitrogens with zero attached hydrogens (tertiary/aromatic N) is 3. The molecular formula is C18H25N3O2S. The molecule has 24 heavy (non-hydrogen) atoms. The number of carbonyl (C=O) groups excluding carboxylic acids is 1. The Morgan fingerprint density at radius 1 is 1.38 bits per heavy atom.